The second-order valence-corrected chi connectivity index (χ2v) is 9.80. The van der Waals surface area contributed by atoms with Gasteiger partial charge in [0.25, 0.3) is 0 Å². The Hall–Kier alpha value is 0.920. The molecule has 5 atom stereocenters. The molecule has 3 heteroatoms. The summed E-state index contributed by atoms with van der Waals surface area (Å²) in [7, 11) is 0. The van der Waals surface area contributed by atoms with Crippen LogP contribution < -0.4 is 0 Å². The van der Waals surface area contributed by atoms with Crippen LogP contribution in [0.4, 0.5) is 0 Å². The third kappa shape index (κ3) is 1.95. The molecule has 0 amide bonds. The summed E-state index contributed by atoms with van der Waals surface area (Å²) < 4.78 is 6.57. The van der Waals surface area contributed by atoms with E-state index in [9.17, 15) is 0 Å². The minimum Gasteiger partial charge on any atom is -0.367 e. The third-order valence-electron chi connectivity index (χ3n) is 5.80. The molecule has 0 aromatic carbocycles. The Morgan fingerprint density at radius 2 is 1.67 bits per heavy atom. The second kappa shape index (κ2) is 4.21. The lowest BCUT2D eigenvalue weighted by atomic mass is 9.64. The van der Waals surface area contributed by atoms with Gasteiger partial charge in [-0.3, -0.25) is 0 Å². The highest BCUT2D eigenvalue weighted by molar-refractivity contribution is 9.09. The van der Waals surface area contributed by atoms with Crippen molar-refractivity contribution in [3.63, 3.8) is 0 Å². The van der Waals surface area contributed by atoms with Crippen molar-refractivity contribution < 1.29 is 4.74 Å². The molecule has 0 N–H and O–H groups in total. The van der Waals surface area contributed by atoms with E-state index in [4.69, 9.17) is 4.74 Å². The van der Waals surface area contributed by atoms with E-state index in [1.165, 1.54) is 38.5 Å². The summed E-state index contributed by atoms with van der Waals surface area (Å²) >= 11 is 7.73. The molecular formula is C15H24Br2O. The van der Waals surface area contributed by atoms with Crippen LogP contribution in [0.15, 0.2) is 0 Å². The number of hydrogen-bond acceptors (Lipinski definition) is 1. The fraction of sp³-hybridized carbons (Fsp3) is 1.00. The zero-order valence-electron chi connectivity index (χ0n) is 11.6. The first-order chi connectivity index (χ1) is 8.28. The molecule has 2 saturated heterocycles. The Balaban J connectivity index is 1.81. The summed E-state index contributed by atoms with van der Waals surface area (Å²) in [4.78, 5) is 1.23. The van der Waals surface area contributed by atoms with Crippen molar-refractivity contribution in [1.29, 1.82) is 0 Å². The molecule has 1 aliphatic carbocycles. The quantitative estimate of drug-likeness (QED) is 0.579. The van der Waals surface area contributed by atoms with Crippen molar-refractivity contribution >= 4 is 31.9 Å². The van der Waals surface area contributed by atoms with Gasteiger partial charge in [0.1, 0.15) is 0 Å². The minimum atomic E-state index is 0.107. The molecule has 18 heavy (non-hydrogen) atoms. The van der Waals surface area contributed by atoms with Gasteiger partial charge >= 0.3 is 0 Å². The number of rotatable bonds is 1. The van der Waals surface area contributed by atoms with Crippen molar-refractivity contribution in [3.8, 4) is 0 Å². The first-order valence-corrected chi connectivity index (χ1v) is 9.09. The SMILES string of the molecule is CC1(C)C[C@@H]([C@@]23CC[C@@](C)(O2)[C@H](Br)C3)CC[C@@H]1Br. The summed E-state index contributed by atoms with van der Waals surface area (Å²) in [5, 5.41) is 0. The maximum Gasteiger partial charge on any atom is 0.0788 e. The van der Waals surface area contributed by atoms with Crippen molar-refractivity contribution in [2.24, 2.45) is 11.3 Å². The molecule has 2 aliphatic heterocycles. The molecule has 0 aromatic heterocycles. The van der Waals surface area contributed by atoms with E-state index < -0.39 is 0 Å². The first-order valence-electron chi connectivity index (χ1n) is 7.26. The van der Waals surface area contributed by atoms with Crippen LogP contribution in [-0.4, -0.2) is 20.9 Å². The van der Waals surface area contributed by atoms with E-state index in [0.717, 1.165) is 5.92 Å². The van der Waals surface area contributed by atoms with Gasteiger partial charge in [0.2, 0.25) is 0 Å². The predicted octanol–water partition coefficient (Wildman–Crippen LogP) is 5.05. The van der Waals surface area contributed by atoms with Crippen LogP contribution >= 0.6 is 31.9 Å². The molecule has 1 saturated carbocycles. The van der Waals surface area contributed by atoms with Gasteiger partial charge in [-0.05, 0) is 56.8 Å². The topological polar surface area (TPSA) is 9.23 Å². The second-order valence-electron chi connectivity index (χ2n) is 7.59. The van der Waals surface area contributed by atoms with Crippen molar-refractivity contribution in [1.82, 2.24) is 0 Å². The molecule has 3 fully saturated rings. The molecule has 0 unspecified atom stereocenters. The summed E-state index contributed by atoms with van der Waals surface area (Å²) in [6.45, 7) is 7.11. The van der Waals surface area contributed by atoms with Gasteiger partial charge in [-0.2, -0.15) is 0 Å². The fourth-order valence-electron chi connectivity index (χ4n) is 4.42. The van der Waals surface area contributed by atoms with Gasteiger partial charge in [-0.25, -0.2) is 0 Å². The number of halogens is 2. The van der Waals surface area contributed by atoms with E-state index in [-0.39, 0.29) is 11.2 Å². The fourth-order valence-corrected chi connectivity index (χ4v) is 5.74. The molecule has 1 nitrogen and oxygen atoms in total. The molecular weight excluding hydrogens is 356 g/mol. The van der Waals surface area contributed by atoms with Gasteiger partial charge in [-0.15, -0.1) is 0 Å². The number of ether oxygens (including phenoxy) is 1. The molecule has 0 spiro atoms. The van der Waals surface area contributed by atoms with Gasteiger partial charge in [0.15, 0.2) is 0 Å². The van der Waals surface area contributed by atoms with Crippen LogP contribution in [-0.2, 0) is 4.74 Å². The van der Waals surface area contributed by atoms with E-state index >= 15 is 0 Å². The van der Waals surface area contributed by atoms with Crippen LogP contribution in [0.3, 0.4) is 0 Å². The maximum absolute atomic E-state index is 6.57. The molecule has 0 aromatic rings. The maximum atomic E-state index is 6.57. The Bertz CT molecular complexity index is 356. The lowest BCUT2D eigenvalue weighted by Gasteiger charge is -2.46. The summed E-state index contributed by atoms with van der Waals surface area (Å²) in [6.07, 6.45) is 7.66. The number of hydrogen-bond donors (Lipinski definition) is 0. The lowest BCUT2D eigenvalue weighted by Crippen LogP contribution is -2.44. The van der Waals surface area contributed by atoms with Crippen molar-refractivity contribution in [3.05, 3.63) is 0 Å². The highest BCUT2D eigenvalue weighted by Gasteiger charge is 2.61. The van der Waals surface area contributed by atoms with E-state index in [0.29, 0.717) is 15.1 Å². The van der Waals surface area contributed by atoms with Gasteiger partial charge in [-0.1, -0.05) is 45.7 Å². The number of alkyl halides is 2. The Labute approximate surface area is 128 Å². The van der Waals surface area contributed by atoms with Crippen LogP contribution in [0, 0.1) is 11.3 Å². The zero-order valence-corrected chi connectivity index (χ0v) is 14.8. The molecule has 3 rings (SSSR count). The molecule has 104 valence electrons. The first kappa shape index (κ1) is 13.9. The van der Waals surface area contributed by atoms with Crippen molar-refractivity contribution in [2.75, 3.05) is 0 Å². The van der Waals surface area contributed by atoms with Crippen LogP contribution in [0.2, 0.25) is 0 Å². The standard InChI is InChI=1S/C15H24Br2O/c1-13(2)8-10(4-5-11(13)16)15-7-6-14(3,18-15)12(17)9-15/h10-12H,4-9H2,1-3H3/t10-,11-,12+,14+,15-/m0/s1. The Kier molecular flexibility index (Phi) is 3.24. The highest BCUT2D eigenvalue weighted by Crippen LogP contribution is 2.60. The van der Waals surface area contributed by atoms with E-state index in [1.54, 1.807) is 0 Å². The minimum absolute atomic E-state index is 0.107. The average Bonchev–Trinajstić information content (AvgIpc) is 2.74. The monoisotopic (exact) mass is 378 g/mol. The third-order valence-corrected chi connectivity index (χ3v) is 8.79. The van der Waals surface area contributed by atoms with Gasteiger partial charge < -0.3 is 4.74 Å². The van der Waals surface area contributed by atoms with Crippen molar-refractivity contribution in [2.45, 2.75) is 80.2 Å². The lowest BCUT2D eigenvalue weighted by molar-refractivity contribution is -0.0887. The van der Waals surface area contributed by atoms with Crippen LogP contribution in [0.25, 0.3) is 0 Å². The zero-order chi connectivity index (χ0) is 13.2. The Morgan fingerprint density at radius 1 is 0.944 bits per heavy atom. The molecule has 3 aliphatic rings. The van der Waals surface area contributed by atoms with E-state index in [2.05, 4.69) is 52.6 Å². The van der Waals surface area contributed by atoms with E-state index in [1.807, 2.05) is 0 Å². The summed E-state index contributed by atoms with van der Waals surface area (Å²) in [5.41, 5.74) is 0.702. The van der Waals surface area contributed by atoms with Gasteiger partial charge in [0, 0.05) is 9.65 Å². The summed E-state index contributed by atoms with van der Waals surface area (Å²) in [6, 6.07) is 0. The number of fused-ring (bicyclic) bond motifs is 2. The smallest absolute Gasteiger partial charge is 0.0788 e. The largest absolute Gasteiger partial charge is 0.367 e. The van der Waals surface area contributed by atoms with Crippen LogP contribution in [0.1, 0.15) is 59.3 Å². The Morgan fingerprint density at radius 3 is 2.17 bits per heavy atom. The van der Waals surface area contributed by atoms with Crippen LogP contribution in [0.5, 0.6) is 0 Å². The molecule has 2 heterocycles. The van der Waals surface area contributed by atoms with Gasteiger partial charge in [0.05, 0.1) is 11.2 Å². The summed E-state index contributed by atoms with van der Waals surface area (Å²) in [5.74, 6) is 0.755. The average molecular weight is 380 g/mol. The molecule has 2 bridgehead atoms. The normalized spacial score (nSPS) is 54.8. The predicted molar refractivity (Wildman–Crippen MR) is 82.6 cm³/mol. The molecule has 0 radical (unpaired) electrons. The highest BCUT2D eigenvalue weighted by atomic mass is 79.9.